The van der Waals surface area contributed by atoms with Crippen LogP contribution >= 0.6 is 24.0 Å². The fraction of sp³-hybridized carbons (Fsp3) is 0.789. The number of nitrogens with zero attached hydrogens (tertiary/aromatic N) is 4. The monoisotopic (exact) mass is 493 g/mol. The molecule has 0 bridgehead atoms. The molecule has 1 aromatic heterocycles. The second-order valence-corrected chi connectivity index (χ2v) is 7.19. The number of piperazine rings is 1. The number of nitrogens with one attached hydrogen (secondary N) is 1. The summed E-state index contributed by atoms with van der Waals surface area (Å²) in [5.74, 6) is 2.39. The molecule has 1 aliphatic heterocycles. The average Bonchev–Trinajstić information content (AvgIpc) is 3.03. The van der Waals surface area contributed by atoms with E-state index in [1.165, 1.54) is 0 Å². The fourth-order valence-electron chi connectivity index (χ4n) is 3.32. The SMILES string of the molecule is CCOC(CCNC(=NC)N1CCN(Cc2cc(C)on2)CC1)C(C)C.I. The van der Waals surface area contributed by atoms with Crippen molar-refractivity contribution in [2.45, 2.75) is 46.8 Å². The molecule has 0 radical (unpaired) electrons. The number of halogens is 1. The van der Waals surface area contributed by atoms with E-state index in [9.17, 15) is 0 Å². The van der Waals surface area contributed by atoms with Gasteiger partial charge in [0.1, 0.15) is 5.76 Å². The summed E-state index contributed by atoms with van der Waals surface area (Å²) in [5, 5.41) is 7.59. The number of aliphatic imine (C=N–C) groups is 1. The molecule has 1 atom stereocenters. The molecule has 1 fully saturated rings. The molecule has 0 aliphatic carbocycles. The number of hydrogen-bond donors (Lipinski definition) is 1. The molecule has 0 aromatic carbocycles. The van der Waals surface area contributed by atoms with E-state index in [4.69, 9.17) is 9.26 Å². The molecule has 1 saturated heterocycles. The summed E-state index contributed by atoms with van der Waals surface area (Å²) in [4.78, 5) is 9.19. The van der Waals surface area contributed by atoms with Gasteiger partial charge in [-0.15, -0.1) is 24.0 Å². The van der Waals surface area contributed by atoms with Gasteiger partial charge >= 0.3 is 0 Å². The predicted molar refractivity (Wildman–Crippen MR) is 120 cm³/mol. The molecular weight excluding hydrogens is 457 g/mol. The summed E-state index contributed by atoms with van der Waals surface area (Å²) >= 11 is 0. The van der Waals surface area contributed by atoms with E-state index in [2.05, 4.69) is 46.0 Å². The number of guanidine groups is 1. The van der Waals surface area contributed by atoms with E-state index < -0.39 is 0 Å². The smallest absolute Gasteiger partial charge is 0.193 e. The Labute approximate surface area is 180 Å². The Hall–Kier alpha value is -0.870. The standard InChI is InChI=1S/C19H35N5O2.HI/c1-6-25-18(15(2)3)7-8-21-19(20-5)24-11-9-23(10-12-24)14-17-13-16(4)26-22-17;/h13,15,18H,6-12,14H2,1-5H3,(H,20,21);1H. The lowest BCUT2D eigenvalue weighted by atomic mass is 10.0. The third-order valence-corrected chi connectivity index (χ3v) is 4.78. The molecule has 2 rings (SSSR count). The maximum Gasteiger partial charge on any atom is 0.193 e. The van der Waals surface area contributed by atoms with Crippen LogP contribution in [0.4, 0.5) is 0 Å². The van der Waals surface area contributed by atoms with Gasteiger partial charge in [-0.2, -0.15) is 0 Å². The Bertz CT molecular complexity index is 556. The van der Waals surface area contributed by atoms with E-state index in [0.29, 0.717) is 12.0 Å². The van der Waals surface area contributed by atoms with Gasteiger partial charge in [0.05, 0.1) is 11.8 Å². The van der Waals surface area contributed by atoms with Crippen molar-refractivity contribution in [1.82, 2.24) is 20.3 Å². The molecule has 2 heterocycles. The highest BCUT2D eigenvalue weighted by molar-refractivity contribution is 14.0. The van der Waals surface area contributed by atoms with Gasteiger partial charge in [-0.1, -0.05) is 19.0 Å². The molecule has 8 heteroatoms. The lowest BCUT2D eigenvalue weighted by Crippen LogP contribution is -2.52. The molecule has 0 spiro atoms. The Morgan fingerprint density at radius 1 is 1.33 bits per heavy atom. The van der Waals surface area contributed by atoms with Crippen LogP contribution in [-0.4, -0.2) is 73.4 Å². The van der Waals surface area contributed by atoms with Gasteiger partial charge < -0.3 is 19.5 Å². The first kappa shape index (κ1) is 24.2. The minimum absolute atomic E-state index is 0. The van der Waals surface area contributed by atoms with Crippen molar-refractivity contribution < 1.29 is 9.26 Å². The molecular formula is C19H36IN5O2. The van der Waals surface area contributed by atoms with Crippen molar-refractivity contribution in [3.05, 3.63) is 17.5 Å². The van der Waals surface area contributed by atoms with Crippen LogP contribution < -0.4 is 5.32 Å². The van der Waals surface area contributed by atoms with Crippen molar-refractivity contribution >= 4 is 29.9 Å². The van der Waals surface area contributed by atoms with Crippen LogP contribution in [0.25, 0.3) is 0 Å². The normalized spacial score (nSPS) is 17.1. The minimum Gasteiger partial charge on any atom is -0.378 e. The van der Waals surface area contributed by atoms with Crippen molar-refractivity contribution in [2.24, 2.45) is 10.9 Å². The highest BCUT2D eigenvalue weighted by Crippen LogP contribution is 2.11. The lowest BCUT2D eigenvalue weighted by Gasteiger charge is -2.36. The second kappa shape index (κ2) is 12.6. The van der Waals surface area contributed by atoms with Gasteiger partial charge in [0.15, 0.2) is 5.96 Å². The largest absolute Gasteiger partial charge is 0.378 e. The predicted octanol–water partition coefficient (Wildman–Crippen LogP) is 2.75. The highest BCUT2D eigenvalue weighted by Gasteiger charge is 2.21. The third-order valence-electron chi connectivity index (χ3n) is 4.78. The zero-order chi connectivity index (χ0) is 18.9. The van der Waals surface area contributed by atoms with Crippen LogP contribution in [0.3, 0.4) is 0 Å². The Morgan fingerprint density at radius 3 is 2.56 bits per heavy atom. The molecule has 1 aliphatic rings. The molecule has 1 aromatic rings. The fourth-order valence-corrected chi connectivity index (χ4v) is 3.32. The average molecular weight is 493 g/mol. The van der Waals surface area contributed by atoms with Crippen LogP contribution in [-0.2, 0) is 11.3 Å². The van der Waals surface area contributed by atoms with Gasteiger partial charge in [0.2, 0.25) is 0 Å². The van der Waals surface area contributed by atoms with Crippen molar-refractivity contribution in [2.75, 3.05) is 46.4 Å². The Kier molecular flexibility index (Phi) is 11.2. The molecule has 0 saturated carbocycles. The van der Waals surface area contributed by atoms with Gasteiger partial charge in [-0.25, -0.2) is 0 Å². The zero-order valence-electron chi connectivity index (χ0n) is 17.4. The summed E-state index contributed by atoms with van der Waals surface area (Å²) in [6.45, 7) is 14.8. The maximum atomic E-state index is 5.82. The maximum absolute atomic E-state index is 5.82. The van der Waals surface area contributed by atoms with E-state index in [1.54, 1.807) is 0 Å². The van der Waals surface area contributed by atoms with Crippen molar-refractivity contribution in [1.29, 1.82) is 0 Å². The third kappa shape index (κ3) is 7.95. The number of aryl methyl sites for hydroxylation is 1. The number of aromatic nitrogens is 1. The summed E-state index contributed by atoms with van der Waals surface area (Å²) in [6.07, 6.45) is 1.30. The van der Waals surface area contributed by atoms with E-state index in [0.717, 1.165) is 69.7 Å². The topological polar surface area (TPSA) is 66.1 Å². The van der Waals surface area contributed by atoms with E-state index in [-0.39, 0.29) is 24.0 Å². The Morgan fingerprint density at radius 2 is 2.04 bits per heavy atom. The summed E-state index contributed by atoms with van der Waals surface area (Å²) in [5.41, 5.74) is 1.01. The van der Waals surface area contributed by atoms with Gasteiger partial charge in [0, 0.05) is 59.0 Å². The van der Waals surface area contributed by atoms with Crippen LogP contribution in [0.15, 0.2) is 15.6 Å². The first-order chi connectivity index (χ1) is 12.5. The molecule has 1 unspecified atom stereocenters. The quantitative estimate of drug-likeness (QED) is 0.342. The summed E-state index contributed by atoms with van der Waals surface area (Å²) in [7, 11) is 1.86. The second-order valence-electron chi connectivity index (χ2n) is 7.19. The van der Waals surface area contributed by atoms with Crippen molar-refractivity contribution in [3.63, 3.8) is 0 Å². The first-order valence-electron chi connectivity index (χ1n) is 9.75. The first-order valence-corrected chi connectivity index (χ1v) is 9.75. The van der Waals surface area contributed by atoms with Gasteiger partial charge in [-0.3, -0.25) is 9.89 Å². The van der Waals surface area contributed by atoms with Crippen molar-refractivity contribution in [3.8, 4) is 0 Å². The van der Waals surface area contributed by atoms with E-state index >= 15 is 0 Å². The number of ether oxygens (including phenoxy) is 1. The molecule has 156 valence electrons. The van der Waals surface area contributed by atoms with E-state index in [1.807, 2.05) is 20.0 Å². The minimum atomic E-state index is 0. The molecule has 27 heavy (non-hydrogen) atoms. The lowest BCUT2D eigenvalue weighted by molar-refractivity contribution is 0.0257. The van der Waals surface area contributed by atoms with Crippen LogP contribution in [0.2, 0.25) is 0 Å². The zero-order valence-corrected chi connectivity index (χ0v) is 19.7. The molecule has 0 amide bonds. The molecule has 7 nitrogen and oxygen atoms in total. The summed E-state index contributed by atoms with van der Waals surface area (Å²) in [6, 6.07) is 2.01. The number of hydrogen-bond acceptors (Lipinski definition) is 5. The number of rotatable bonds is 8. The Balaban J connectivity index is 0.00000364. The van der Waals surface area contributed by atoms with Gasteiger partial charge in [-0.05, 0) is 26.2 Å². The molecule has 1 N–H and O–H groups in total. The van der Waals surface area contributed by atoms with Crippen LogP contribution in [0, 0.1) is 12.8 Å². The van der Waals surface area contributed by atoms with Gasteiger partial charge in [0.25, 0.3) is 0 Å². The van der Waals surface area contributed by atoms with Crippen LogP contribution in [0.5, 0.6) is 0 Å². The summed E-state index contributed by atoms with van der Waals surface area (Å²) < 4.78 is 11.0. The van der Waals surface area contributed by atoms with Crippen LogP contribution in [0.1, 0.15) is 38.6 Å². The highest BCUT2D eigenvalue weighted by atomic mass is 127.